The van der Waals surface area contributed by atoms with E-state index >= 15 is 0 Å². The summed E-state index contributed by atoms with van der Waals surface area (Å²) in [4.78, 5) is 34.1. The van der Waals surface area contributed by atoms with Crippen LogP contribution in [0.3, 0.4) is 0 Å². The molecule has 0 spiro atoms. The molecule has 1 aliphatic heterocycles. The van der Waals surface area contributed by atoms with Gasteiger partial charge < -0.3 is 46.0 Å². The van der Waals surface area contributed by atoms with Gasteiger partial charge in [-0.1, -0.05) is 0 Å². The Kier molecular flexibility index (Phi) is 9.02. The van der Waals surface area contributed by atoms with Crippen molar-refractivity contribution in [3.05, 3.63) is 0 Å². The summed E-state index contributed by atoms with van der Waals surface area (Å²) in [5.74, 6) is -3.40. The first-order chi connectivity index (χ1) is 12.6. The summed E-state index contributed by atoms with van der Waals surface area (Å²) in [5.41, 5.74) is 0. The van der Waals surface area contributed by atoms with Gasteiger partial charge in [-0.05, 0) is 32.7 Å². The van der Waals surface area contributed by atoms with Crippen LogP contribution in [0.1, 0.15) is 26.2 Å². The summed E-state index contributed by atoms with van der Waals surface area (Å²) in [5, 5.41) is 61.0. The Hall–Kier alpha value is -1.83. The van der Waals surface area contributed by atoms with Crippen molar-refractivity contribution in [3.8, 4) is 0 Å². The van der Waals surface area contributed by atoms with Crippen LogP contribution in [0.5, 0.6) is 0 Å². The van der Waals surface area contributed by atoms with E-state index in [4.69, 9.17) is 9.84 Å². The Bertz CT molecular complexity index is 531. The van der Waals surface area contributed by atoms with E-state index in [2.05, 4.69) is 10.6 Å². The van der Waals surface area contributed by atoms with Crippen LogP contribution in [0.4, 0.5) is 0 Å². The first-order valence-electron chi connectivity index (χ1n) is 8.43. The lowest BCUT2D eigenvalue weighted by Crippen LogP contribution is -2.62. The number of ether oxygens (including phenoxy) is 1. The van der Waals surface area contributed by atoms with Crippen molar-refractivity contribution < 1.29 is 49.8 Å². The molecule has 27 heavy (non-hydrogen) atoms. The van der Waals surface area contributed by atoms with Gasteiger partial charge in [0, 0.05) is 0 Å². The quantitative estimate of drug-likeness (QED) is 0.171. The van der Waals surface area contributed by atoms with Crippen LogP contribution < -0.4 is 10.6 Å². The fourth-order valence-electron chi connectivity index (χ4n) is 2.47. The monoisotopic (exact) mass is 394 g/mol. The third kappa shape index (κ3) is 6.68. The predicted octanol–water partition coefficient (Wildman–Crippen LogP) is -3.41. The van der Waals surface area contributed by atoms with E-state index in [1.54, 1.807) is 0 Å². The molecule has 0 aromatic carbocycles. The van der Waals surface area contributed by atoms with Gasteiger partial charge in [-0.3, -0.25) is 9.59 Å². The summed E-state index contributed by atoms with van der Waals surface area (Å²) >= 11 is 0. The SMILES string of the molecule is C[C@H](NCCCC[C@H](NC(=O)[C@H]1OC(O)[C@H](O)[C@@H](O)[C@H]1O)C(=O)O)C(=O)O. The molecule has 0 aromatic heterocycles. The Morgan fingerprint density at radius 1 is 0.963 bits per heavy atom. The zero-order chi connectivity index (χ0) is 20.7. The predicted molar refractivity (Wildman–Crippen MR) is 87.4 cm³/mol. The van der Waals surface area contributed by atoms with Gasteiger partial charge in [-0.15, -0.1) is 0 Å². The molecule has 12 heteroatoms. The highest BCUT2D eigenvalue weighted by Gasteiger charge is 2.46. The summed E-state index contributed by atoms with van der Waals surface area (Å²) in [6, 6.07) is -2.05. The molecule has 0 aliphatic carbocycles. The van der Waals surface area contributed by atoms with Gasteiger partial charge in [-0.25, -0.2) is 4.79 Å². The molecule has 1 amide bonds. The normalized spacial score (nSPS) is 30.3. The van der Waals surface area contributed by atoms with Gasteiger partial charge in [0.15, 0.2) is 12.4 Å². The molecule has 0 bridgehead atoms. The number of carbonyl (C=O) groups is 3. The van der Waals surface area contributed by atoms with E-state index in [-0.39, 0.29) is 6.42 Å². The molecule has 12 nitrogen and oxygen atoms in total. The highest BCUT2D eigenvalue weighted by Crippen LogP contribution is 2.20. The van der Waals surface area contributed by atoms with Gasteiger partial charge in [0.2, 0.25) is 0 Å². The van der Waals surface area contributed by atoms with E-state index < -0.39 is 60.6 Å². The number of hydrogen-bond acceptors (Lipinski definition) is 9. The van der Waals surface area contributed by atoms with Gasteiger partial charge in [0.1, 0.15) is 30.4 Å². The minimum atomic E-state index is -1.91. The maximum Gasteiger partial charge on any atom is 0.326 e. The van der Waals surface area contributed by atoms with Crippen LogP contribution >= 0.6 is 0 Å². The van der Waals surface area contributed by atoms with Crippen LogP contribution in [-0.2, 0) is 19.1 Å². The first-order valence-corrected chi connectivity index (χ1v) is 8.43. The number of unbranched alkanes of at least 4 members (excludes halogenated alkanes) is 1. The lowest BCUT2D eigenvalue weighted by Gasteiger charge is -2.37. The van der Waals surface area contributed by atoms with Crippen LogP contribution in [0.25, 0.3) is 0 Å². The molecule has 156 valence electrons. The highest BCUT2D eigenvalue weighted by atomic mass is 16.6. The van der Waals surface area contributed by atoms with E-state index in [1.165, 1.54) is 6.92 Å². The van der Waals surface area contributed by atoms with Crippen molar-refractivity contribution in [2.45, 2.75) is 69.0 Å². The molecule has 1 unspecified atom stereocenters. The number of carbonyl (C=O) groups excluding carboxylic acids is 1. The second-order valence-corrected chi connectivity index (χ2v) is 6.33. The van der Waals surface area contributed by atoms with Crippen LogP contribution in [-0.4, -0.2) is 97.8 Å². The van der Waals surface area contributed by atoms with Crippen LogP contribution in [0.15, 0.2) is 0 Å². The molecule has 0 saturated carbocycles. The minimum absolute atomic E-state index is 0.0285. The Labute approximate surface area is 154 Å². The van der Waals surface area contributed by atoms with Gasteiger partial charge in [0.05, 0.1) is 0 Å². The third-order valence-corrected chi connectivity index (χ3v) is 4.20. The Balaban J connectivity index is 2.50. The molecule has 0 aromatic rings. The smallest absolute Gasteiger partial charge is 0.326 e. The van der Waals surface area contributed by atoms with Gasteiger partial charge in [0.25, 0.3) is 5.91 Å². The minimum Gasteiger partial charge on any atom is -0.480 e. The van der Waals surface area contributed by atoms with Gasteiger partial charge >= 0.3 is 11.9 Å². The number of aliphatic hydroxyl groups excluding tert-OH is 4. The summed E-state index contributed by atoms with van der Waals surface area (Å²) < 4.78 is 4.74. The van der Waals surface area contributed by atoms with Crippen molar-refractivity contribution in [2.75, 3.05) is 6.54 Å². The molecule has 1 aliphatic rings. The lowest BCUT2D eigenvalue weighted by atomic mass is 9.98. The molecule has 1 fully saturated rings. The first kappa shape index (κ1) is 23.2. The molecule has 7 atom stereocenters. The molecular weight excluding hydrogens is 368 g/mol. The number of nitrogens with one attached hydrogen (secondary N) is 2. The molecule has 1 rings (SSSR count). The van der Waals surface area contributed by atoms with Crippen LogP contribution in [0.2, 0.25) is 0 Å². The van der Waals surface area contributed by atoms with Crippen molar-refractivity contribution in [1.29, 1.82) is 0 Å². The average molecular weight is 394 g/mol. The van der Waals surface area contributed by atoms with E-state index in [1.807, 2.05) is 0 Å². The fraction of sp³-hybridized carbons (Fsp3) is 0.800. The molecule has 8 N–H and O–H groups in total. The zero-order valence-corrected chi connectivity index (χ0v) is 14.7. The average Bonchev–Trinajstić information content (AvgIpc) is 2.60. The van der Waals surface area contributed by atoms with Crippen molar-refractivity contribution in [2.24, 2.45) is 0 Å². The number of carboxylic acids is 2. The molecule has 1 heterocycles. The summed E-state index contributed by atoms with van der Waals surface area (Å²) in [7, 11) is 0. The number of aliphatic carboxylic acids is 2. The number of carboxylic acid groups (broad SMARTS) is 2. The second-order valence-electron chi connectivity index (χ2n) is 6.33. The zero-order valence-electron chi connectivity index (χ0n) is 14.7. The number of rotatable bonds is 10. The number of hydrogen-bond donors (Lipinski definition) is 8. The number of amides is 1. The van der Waals surface area contributed by atoms with E-state index in [0.29, 0.717) is 19.4 Å². The molecule has 1 saturated heterocycles. The Morgan fingerprint density at radius 3 is 2.15 bits per heavy atom. The molecule has 0 radical (unpaired) electrons. The van der Waals surface area contributed by atoms with Crippen molar-refractivity contribution in [1.82, 2.24) is 10.6 Å². The van der Waals surface area contributed by atoms with Crippen LogP contribution in [0, 0.1) is 0 Å². The van der Waals surface area contributed by atoms with E-state index in [0.717, 1.165) is 0 Å². The topological polar surface area (TPSA) is 206 Å². The third-order valence-electron chi connectivity index (χ3n) is 4.20. The summed E-state index contributed by atoms with van der Waals surface area (Å²) in [6.45, 7) is 1.81. The number of aliphatic hydroxyl groups is 4. The van der Waals surface area contributed by atoms with Crippen molar-refractivity contribution in [3.63, 3.8) is 0 Å². The Morgan fingerprint density at radius 2 is 1.59 bits per heavy atom. The maximum atomic E-state index is 12.1. The highest BCUT2D eigenvalue weighted by molar-refractivity contribution is 5.86. The largest absolute Gasteiger partial charge is 0.480 e. The fourth-order valence-corrected chi connectivity index (χ4v) is 2.47. The summed E-state index contributed by atoms with van der Waals surface area (Å²) in [6.07, 6.45) is -8.31. The van der Waals surface area contributed by atoms with Gasteiger partial charge in [-0.2, -0.15) is 0 Å². The lowest BCUT2D eigenvalue weighted by molar-refractivity contribution is -0.275. The second kappa shape index (κ2) is 10.5. The maximum absolute atomic E-state index is 12.1. The molecular formula is C15H26N2O10. The van der Waals surface area contributed by atoms with Crippen molar-refractivity contribution >= 4 is 17.8 Å². The van der Waals surface area contributed by atoms with E-state index in [9.17, 15) is 39.9 Å². The standard InChI is InChI=1S/C15H26N2O10/c1-6(13(22)23)16-5-3-2-4-7(14(24)25)17-12(21)11-9(19)8(18)10(20)15(26)27-11/h6-11,15-16,18-20,26H,2-5H2,1H3,(H,17,21)(H,22,23)(H,24,25)/t6-,7-,8-,9+,10+,11-,15?/m0/s1.